The molecule has 0 aliphatic heterocycles. The van der Waals surface area contributed by atoms with Crippen LogP contribution < -0.4 is 4.72 Å². The molecule has 2 N–H and O–H groups in total. The van der Waals surface area contributed by atoms with Crippen LogP contribution in [0, 0.1) is 13.8 Å². The van der Waals surface area contributed by atoms with Crippen molar-refractivity contribution in [1.29, 1.82) is 0 Å². The minimum Gasteiger partial charge on any atom is -0.478 e. The normalized spacial score (nSPS) is 12.8. The molecule has 0 saturated heterocycles. The molecular weight excluding hydrogens is 316 g/mol. The van der Waals surface area contributed by atoms with E-state index in [0.717, 1.165) is 5.56 Å². The molecule has 1 aromatic heterocycles. The molecule has 7 heteroatoms. The topological polar surface area (TPSA) is 96.4 Å². The zero-order valence-electron chi connectivity index (χ0n) is 13.1. The molecule has 0 amide bonds. The highest BCUT2D eigenvalue weighted by molar-refractivity contribution is 7.89. The number of pyridine rings is 1. The number of benzene rings is 1. The van der Waals surface area contributed by atoms with E-state index in [-0.39, 0.29) is 10.5 Å². The van der Waals surface area contributed by atoms with Crippen LogP contribution in [0.5, 0.6) is 0 Å². The molecule has 0 spiro atoms. The lowest BCUT2D eigenvalue weighted by Crippen LogP contribution is -2.28. The summed E-state index contributed by atoms with van der Waals surface area (Å²) in [5.41, 5.74) is 1.81. The molecule has 0 fully saturated rings. The predicted octanol–water partition coefficient (Wildman–Crippen LogP) is 2.44. The number of aromatic nitrogens is 1. The fourth-order valence-corrected chi connectivity index (χ4v) is 3.80. The van der Waals surface area contributed by atoms with E-state index in [1.54, 1.807) is 45.3 Å². The quantitative estimate of drug-likeness (QED) is 0.875. The fraction of sp³-hybridized carbons (Fsp3) is 0.250. The Morgan fingerprint density at radius 1 is 1.30 bits per heavy atom. The third-order valence-corrected chi connectivity index (χ3v) is 5.34. The molecule has 6 nitrogen and oxygen atoms in total. The van der Waals surface area contributed by atoms with Crippen LogP contribution in [0.4, 0.5) is 0 Å². The SMILES string of the molecule is Cc1cc(C(=O)O)cc(S(=O)(=O)NC(C)c2cccnc2)c1C. The van der Waals surface area contributed by atoms with Crippen molar-refractivity contribution < 1.29 is 18.3 Å². The third-order valence-electron chi connectivity index (χ3n) is 3.67. The van der Waals surface area contributed by atoms with E-state index in [4.69, 9.17) is 5.11 Å². The first-order valence-corrected chi connectivity index (χ1v) is 8.47. The Labute approximate surface area is 135 Å². The summed E-state index contributed by atoms with van der Waals surface area (Å²) < 4.78 is 27.8. The molecule has 122 valence electrons. The Morgan fingerprint density at radius 2 is 2.00 bits per heavy atom. The average Bonchev–Trinajstić information content (AvgIpc) is 2.49. The number of rotatable bonds is 5. The van der Waals surface area contributed by atoms with Gasteiger partial charge in [0.05, 0.1) is 10.5 Å². The Bertz CT molecular complexity index is 833. The number of nitrogens with zero attached hydrogens (tertiary/aromatic N) is 1. The lowest BCUT2D eigenvalue weighted by molar-refractivity contribution is 0.0696. The highest BCUT2D eigenvalue weighted by Gasteiger charge is 2.23. The second-order valence-corrected chi connectivity index (χ2v) is 7.03. The van der Waals surface area contributed by atoms with Crippen LogP contribution in [0.1, 0.15) is 40.0 Å². The maximum absolute atomic E-state index is 12.6. The van der Waals surface area contributed by atoms with Gasteiger partial charge in [-0.05, 0) is 55.7 Å². The van der Waals surface area contributed by atoms with E-state index >= 15 is 0 Å². The Balaban J connectivity index is 2.42. The fourth-order valence-electron chi connectivity index (χ4n) is 2.23. The molecule has 2 aromatic rings. The van der Waals surface area contributed by atoms with Crippen LogP contribution in [0.2, 0.25) is 0 Å². The smallest absolute Gasteiger partial charge is 0.335 e. The van der Waals surface area contributed by atoms with Gasteiger partial charge in [-0.15, -0.1) is 0 Å². The minimum atomic E-state index is -3.86. The van der Waals surface area contributed by atoms with E-state index in [0.29, 0.717) is 11.1 Å². The summed E-state index contributed by atoms with van der Waals surface area (Å²) in [5.74, 6) is -1.16. The van der Waals surface area contributed by atoms with Crippen LogP contribution >= 0.6 is 0 Å². The van der Waals surface area contributed by atoms with Gasteiger partial charge >= 0.3 is 5.97 Å². The van der Waals surface area contributed by atoms with Crippen molar-refractivity contribution >= 4 is 16.0 Å². The molecule has 0 aliphatic carbocycles. The number of hydrogen-bond donors (Lipinski definition) is 2. The van der Waals surface area contributed by atoms with Gasteiger partial charge < -0.3 is 5.11 Å². The molecule has 1 atom stereocenters. The van der Waals surface area contributed by atoms with Gasteiger partial charge in [-0.3, -0.25) is 4.98 Å². The first-order chi connectivity index (χ1) is 10.7. The van der Waals surface area contributed by atoms with Crippen molar-refractivity contribution in [2.45, 2.75) is 31.7 Å². The maximum atomic E-state index is 12.6. The van der Waals surface area contributed by atoms with Crippen LogP contribution in [0.25, 0.3) is 0 Å². The average molecular weight is 334 g/mol. The van der Waals surface area contributed by atoms with Gasteiger partial charge in [0.15, 0.2) is 0 Å². The summed E-state index contributed by atoms with van der Waals surface area (Å²) in [6.07, 6.45) is 3.19. The van der Waals surface area contributed by atoms with Crippen molar-refractivity contribution in [3.8, 4) is 0 Å². The molecule has 2 rings (SSSR count). The molecule has 1 heterocycles. The van der Waals surface area contributed by atoms with Gasteiger partial charge in [0.2, 0.25) is 10.0 Å². The molecule has 0 bridgehead atoms. The highest BCUT2D eigenvalue weighted by atomic mass is 32.2. The molecule has 1 aromatic carbocycles. The monoisotopic (exact) mass is 334 g/mol. The van der Waals surface area contributed by atoms with Crippen molar-refractivity contribution in [1.82, 2.24) is 9.71 Å². The first kappa shape index (κ1) is 17.1. The van der Waals surface area contributed by atoms with Crippen LogP contribution in [-0.4, -0.2) is 24.5 Å². The Kier molecular flexibility index (Phi) is 4.82. The first-order valence-electron chi connectivity index (χ1n) is 6.99. The number of aromatic carboxylic acids is 1. The number of carboxylic acids is 1. The van der Waals surface area contributed by atoms with E-state index in [1.807, 2.05) is 0 Å². The van der Waals surface area contributed by atoms with Crippen molar-refractivity contribution in [2.24, 2.45) is 0 Å². The van der Waals surface area contributed by atoms with Crippen LogP contribution in [0.15, 0.2) is 41.6 Å². The number of hydrogen-bond acceptors (Lipinski definition) is 4. The summed E-state index contributed by atoms with van der Waals surface area (Å²) in [6, 6.07) is 5.65. The highest BCUT2D eigenvalue weighted by Crippen LogP contribution is 2.23. The third kappa shape index (κ3) is 3.75. The summed E-state index contributed by atoms with van der Waals surface area (Å²) in [6.45, 7) is 5.05. The number of nitrogens with one attached hydrogen (secondary N) is 1. The van der Waals surface area contributed by atoms with Crippen LogP contribution in [0.3, 0.4) is 0 Å². The summed E-state index contributed by atoms with van der Waals surface area (Å²) in [4.78, 5) is 15.1. The molecule has 23 heavy (non-hydrogen) atoms. The van der Waals surface area contributed by atoms with Crippen molar-refractivity contribution in [2.75, 3.05) is 0 Å². The molecule has 0 aliphatic rings. The van der Waals surface area contributed by atoms with Gasteiger partial charge in [-0.1, -0.05) is 6.07 Å². The zero-order valence-corrected chi connectivity index (χ0v) is 13.9. The van der Waals surface area contributed by atoms with E-state index in [9.17, 15) is 13.2 Å². The summed E-state index contributed by atoms with van der Waals surface area (Å²) in [5, 5.41) is 9.13. The number of carbonyl (C=O) groups is 1. The van der Waals surface area contributed by atoms with E-state index < -0.39 is 22.0 Å². The lowest BCUT2D eigenvalue weighted by atomic mass is 10.1. The minimum absolute atomic E-state index is 0.0226. The summed E-state index contributed by atoms with van der Waals surface area (Å²) in [7, 11) is -3.86. The van der Waals surface area contributed by atoms with Gasteiger partial charge in [0, 0.05) is 18.4 Å². The molecule has 1 unspecified atom stereocenters. The second-order valence-electron chi connectivity index (χ2n) is 5.35. The summed E-state index contributed by atoms with van der Waals surface area (Å²) >= 11 is 0. The van der Waals surface area contributed by atoms with Crippen molar-refractivity contribution in [3.05, 3.63) is 58.9 Å². The van der Waals surface area contributed by atoms with Gasteiger partial charge in [-0.25, -0.2) is 17.9 Å². The number of carboxylic acid groups (broad SMARTS) is 1. The van der Waals surface area contributed by atoms with Gasteiger partial charge in [0.25, 0.3) is 0 Å². The van der Waals surface area contributed by atoms with E-state index in [2.05, 4.69) is 9.71 Å². The van der Waals surface area contributed by atoms with Crippen LogP contribution in [-0.2, 0) is 10.0 Å². The van der Waals surface area contributed by atoms with Gasteiger partial charge in [0.1, 0.15) is 0 Å². The molecular formula is C16H18N2O4S. The second kappa shape index (κ2) is 6.47. The van der Waals surface area contributed by atoms with E-state index in [1.165, 1.54) is 12.1 Å². The zero-order chi connectivity index (χ0) is 17.2. The standard InChI is InChI=1S/C16H18N2O4S/c1-10-7-14(16(19)20)8-15(11(10)2)23(21,22)18-12(3)13-5-4-6-17-9-13/h4-9,12,18H,1-3H3,(H,19,20). The number of sulfonamides is 1. The molecule has 0 saturated carbocycles. The predicted molar refractivity (Wildman–Crippen MR) is 85.8 cm³/mol. The van der Waals surface area contributed by atoms with Gasteiger partial charge in [-0.2, -0.15) is 0 Å². The van der Waals surface area contributed by atoms with Crippen molar-refractivity contribution in [3.63, 3.8) is 0 Å². The Hall–Kier alpha value is -2.25. The number of aryl methyl sites for hydroxylation is 1. The Morgan fingerprint density at radius 3 is 2.57 bits per heavy atom. The molecule has 0 radical (unpaired) electrons. The maximum Gasteiger partial charge on any atom is 0.335 e. The largest absolute Gasteiger partial charge is 0.478 e. The lowest BCUT2D eigenvalue weighted by Gasteiger charge is -2.17.